The minimum Gasteiger partial charge on any atom is -0.323 e. The highest BCUT2D eigenvalue weighted by Gasteiger charge is 2.18. The topological polar surface area (TPSA) is 17.8 Å². The molecule has 0 unspecified atom stereocenters. The third kappa shape index (κ3) is 4.74. The van der Waals surface area contributed by atoms with Crippen LogP contribution in [0.4, 0.5) is 0 Å². The molecule has 0 saturated heterocycles. The highest BCUT2D eigenvalue weighted by molar-refractivity contribution is 5.76. The van der Waals surface area contributed by atoms with Gasteiger partial charge in [0.1, 0.15) is 5.82 Å². The van der Waals surface area contributed by atoms with E-state index in [0.29, 0.717) is 11.8 Å². The molecule has 0 N–H and O–H groups in total. The van der Waals surface area contributed by atoms with Crippen LogP contribution in [0.15, 0.2) is 72.8 Å². The number of aromatic nitrogens is 2. The first-order valence-electron chi connectivity index (χ1n) is 11.5. The van der Waals surface area contributed by atoms with Crippen LogP contribution in [0.25, 0.3) is 11.0 Å². The molecule has 0 aliphatic rings. The van der Waals surface area contributed by atoms with Gasteiger partial charge in [-0.2, -0.15) is 0 Å². The zero-order valence-electron chi connectivity index (χ0n) is 19.5. The van der Waals surface area contributed by atoms with Gasteiger partial charge < -0.3 is 4.57 Å². The number of imidazole rings is 1. The molecular weight excluding hydrogens is 376 g/mol. The van der Waals surface area contributed by atoms with Crippen molar-refractivity contribution in [3.05, 3.63) is 101 Å². The van der Waals surface area contributed by atoms with Crippen LogP contribution in [-0.2, 0) is 13.0 Å². The average molecular weight is 411 g/mol. The van der Waals surface area contributed by atoms with Crippen LogP contribution in [0, 0.1) is 5.92 Å². The minimum atomic E-state index is 0.232. The Labute approximate surface area is 187 Å². The van der Waals surface area contributed by atoms with Gasteiger partial charge in [0, 0.05) is 12.5 Å². The second-order valence-electron chi connectivity index (χ2n) is 9.50. The third-order valence-electron chi connectivity index (χ3n) is 6.18. The summed E-state index contributed by atoms with van der Waals surface area (Å²) in [4.78, 5) is 5.06. The van der Waals surface area contributed by atoms with Crippen LogP contribution in [0.3, 0.4) is 0 Å². The van der Waals surface area contributed by atoms with Gasteiger partial charge in [-0.1, -0.05) is 95.3 Å². The maximum atomic E-state index is 5.06. The van der Waals surface area contributed by atoms with Crippen LogP contribution < -0.4 is 0 Å². The molecule has 1 atom stereocenters. The molecule has 1 heterocycles. The lowest BCUT2D eigenvalue weighted by Crippen LogP contribution is -2.09. The molecule has 0 saturated carbocycles. The number of hydrogen-bond donors (Lipinski definition) is 0. The first-order valence-corrected chi connectivity index (χ1v) is 11.5. The lowest BCUT2D eigenvalue weighted by molar-refractivity contribution is 0.646. The van der Waals surface area contributed by atoms with Crippen molar-refractivity contribution >= 4 is 11.0 Å². The Hall–Kier alpha value is -2.87. The standard InChI is InChI=1S/C29H34N2/c1-20(2)18-23-10-16-26(17-11-23)22(5)29-30-27-8-6-7-9-28(27)31(29)19-24-12-14-25(15-13-24)21(3)4/h6-17,20-22H,18-19H2,1-5H3/t22-/m1/s1. The molecule has 3 aromatic carbocycles. The summed E-state index contributed by atoms with van der Waals surface area (Å²) >= 11 is 0. The number of nitrogens with zero attached hydrogens (tertiary/aromatic N) is 2. The molecule has 2 heteroatoms. The van der Waals surface area contributed by atoms with Gasteiger partial charge in [0.2, 0.25) is 0 Å². The lowest BCUT2D eigenvalue weighted by Gasteiger charge is -2.16. The van der Waals surface area contributed by atoms with Crippen LogP contribution in [0.5, 0.6) is 0 Å². The number of hydrogen-bond acceptors (Lipinski definition) is 1. The van der Waals surface area contributed by atoms with E-state index in [-0.39, 0.29) is 5.92 Å². The molecule has 4 aromatic rings. The highest BCUT2D eigenvalue weighted by atomic mass is 15.1. The average Bonchev–Trinajstić information content (AvgIpc) is 3.12. The Morgan fingerprint density at radius 3 is 1.97 bits per heavy atom. The Bertz CT molecular complexity index is 1130. The summed E-state index contributed by atoms with van der Waals surface area (Å²) in [5, 5.41) is 0. The van der Waals surface area contributed by atoms with Gasteiger partial charge in [-0.3, -0.25) is 0 Å². The van der Waals surface area contributed by atoms with Crippen molar-refractivity contribution in [3.63, 3.8) is 0 Å². The second-order valence-corrected chi connectivity index (χ2v) is 9.50. The predicted octanol–water partition coefficient (Wildman–Crippen LogP) is 7.56. The van der Waals surface area contributed by atoms with Gasteiger partial charge in [-0.05, 0) is 52.6 Å². The van der Waals surface area contributed by atoms with E-state index in [1.807, 2.05) is 0 Å². The molecule has 0 amide bonds. The Kier molecular flexibility index (Phi) is 6.27. The summed E-state index contributed by atoms with van der Waals surface area (Å²) in [6.45, 7) is 12.1. The summed E-state index contributed by atoms with van der Waals surface area (Å²) in [5.41, 5.74) is 7.69. The fourth-order valence-electron chi connectivity index (χ4n) is 4.34. The van der Waals surface area contributed by atoms with E-state index in [1.54, 1.807) is 0 Å². The molecule has 31 heavy (non-hydrogen) atoms. The normalized spacial score (nSPS) is 12.7. The molecule has 0 aliphatic heterocycles. The molecule has 0 fully saturated rings. The van der Waals surface area contributed by atoms with Gasteiger partial charge >= 0.3 is 0 Å². The number of fused-ring (bicyclic) bond motifs is 1. The van der Waals surface area contributed by atoms with Crippen molar-refractivity contribution in [1.29, 1.82) is 0 Å². The van der Waals surface area contributed by atoms with Crippen molar-refractivity contribution < 1.29 is 0 Å². The largest absolute Gasteiger partial charge is 0.323 e. The van der Waals surface area contributed by atoms with Crippen molar-refractivity contribution in [2.75, 3.05) is 0 Å². The van der Waals surface area contributed by atoms with Crippen LogP contribution >= 0.6 is 0 Å². The van der Waals surface area contributed by atoms with Gasteiger partial charge in [-0.15, -0.1) is 0 Å². The van der Waals surface area contributed by atoms with E-state index in [4.69, 9.17) is 4.98 Å². The van der Waals surface area contributed by atoms with Crippen LogP contribution in [0.2, 0.25) is 0 Å². The van der Waals surface area contributed by atoms with Crippen molar-refractivity contribution in [1.82, 2.24) is 9.55 Å². The molecule has 0 bridgehead atoms. The summed E-state index contributed by atoms with van der Waals surface area (Å²) in [6, 6.07) is 26.7. The Balaban J connectivity index is 1.69. The van der Waals surface area contributed by atoms with Gasteiger partial charge in [0.15, 0.2) is 0 Å². The quantitative estimate of drug-likeness (QED) is 0.307. The SMILES string of the molecule is CC(C)Cc1ccc([C@@H](C)c2nc3ccccc3n2Cc2ccc(C(C)C)cc2)cc1. The fraction of sp³-hybridized carbons (Fsp3) is 0.345. The minimum absolute atomic E-state index is 0.232. The predicted molar refractivity (Wildman–Crippen MR) is 132 cm³/mol. The maximum absolute atomic E-state index is 5.06. The summed E-state index contributed by atoms with van der Waals surface area (Å²) in [5.74, 6) is 2.59. The number of rotatable bonds is 7. The third-order valence-corrected chi connectivity index (χ3v) is 6.18. The van der Waals surface area contributed by atoms with Crippen molar-refractivity contribution in [2.45, 2.75) is 59.4 Å². The van der Waals surface area contributed by atoms with E-state index >= 15 is 0 Å². The number of benzene rings is 3. The van der Waals surface area contributed by atoms with E-state index in [9.17, 15) is 0 Å². The molecular formula is C29H34N2. The molecule has 1 aromatic heterocycles. The van der Waals surface area contributed by atoms with E-state index in [2.05, 4.69) is 112 Å². The van der Waals surface area contributed by atoms with Crippen molar-refractivity contribution in [2.24, 2.45) is 5.92 Å². The Morgan fingerprint density at radius 1 is 0.710 bits per heavy atom. The van der Waals surface area contributed by atoms with E-state index in [1.165, 1.54) is 27.8 Å². The van der Waals surface area contributed by atoms with Crippen molar-refractivity contribution in [3.8, 4) is 0 Å². The fourth-order valence-corrected chi connectivity index (χ4v) is 4.34. The summed E-state index contributed by atoms with van der Waals surface area (Å²) in [6.07, 6.45) is 1.12. The smallest absolute Gasteiger partial charge is 0.117 e. The Morgan fingerprint density at radius 2 is 1.32 bits per heavy atom. The monoisotopic (exact) mass is 410 g/mol. The first-order chi connectivity index (χ1) is 14.9. The summed E-state index contributed by atoms with van der Waals surface area (Å²) < 4.78 is 2.40. The molecule has 0 spiro atoms. The maximum Gasteiger partial charge on any atom is 0.117 e. The van der Waals surface area contributed by atoms with Gasteiger partial charge in [0.25, 0.3) is 0 Å². The molecule has 0 radical (unpaired) electrons. The highest BCUT2D eigenvalue weighted by Crippen LogP contribution is 2.29. The lowest BCUT2D eigenvalue weighted by atomic mass is 9.96. The molecule has 0 aliphatic carbocycles. The summed E-state index contributed by atoms with van der Waals surface area (Å²) in [7, 11) is 0. The zero-order chi connectivity index (χ0) is 22.0. The molecule has 4 rings (SSSR count). The van der Waals surface area contributed by atoms with Crippen LogP contribution in [-0.4, -0.2) is 9.55 Å². The van der Waals surface area contributed by atoms with Gasteiger partial charge in [-0.25, -0.2) is 4.98 Å². The van der Waals surface area contributed by atoms with Gasteiger partial charge in [0.05, 0.1) is 11.0 Å². The second kappa shape index (κ2) is 9.09. The van der Waals surface area contributed by atoms with E-state index in [0.717, 1.165) is 24.3 Å². The zero-order valence-corrected chi connectivity index (χ0v) is 19.5. The van der Waals surface area contributed by atoms with E-state index < -0.39 is 0 Å². The molecule has 2 nitrogen and oxygen atoms in total. The number of para-hydroxylation sites is 2. The first kappa shape index (κ1) is 21.4. The van der Waals surface area contributed by atoms with Crippen LogP contribution in [0.1, 0.15) is 74.5 Å². The molecule has 160 valence electrons.